The van der Waals surface area contributed by atoms with Crippen LogP contribution >= 0.6 is 0 Å². The third-order valence-electron chi connectivity index (χ3n) is 3.87. The highest BCUT2D eigenvalue weighted by molar-refractivity contribution is 5.60. The molecule has 0 radical (unpaired) electrons. The van der Waals surface area contributed by atoms with E-state index in [1.807, 2.05) is 45.6 Å². The Morgan fingerprint density at radius 3 is 2.50 bits per heavy atom. The Hall–Kier alpha value is -2.57. The normalized spacial score (nSPS) is 11.1. The summed E-state index contributed by atoms with van der Waals surface area (Å²) in [6.07, 6.45) is 1.78. The summed E-state index contributed by atoms with van der Waals surface area (Å²) in [4.78, 5) is 0. The van der Waals surface area contributed by atoms with Gasteiger partial charge in [0.1, 0.15) is 18.0 Å². The van der Waals surface area contributed by atoms with Crippen LogP contribution in [0.4, 0.5) is 0 Å². The van der Waals surface area contributed by atoms with Crippen molar-refractivity contribution in [1.82, 2.24) is 24.7 Å². The highest BCUT2D eigenvalue weighted by Crippen LogP contribution is 2.25. The smallest absolute Gasteiger partial charge is 0.174 e. The summed E-state index contributed by atoms with van der Waals surface area (Å²) in [6, 6.07) is 1.88. The van der Waals surface area contributed by atoms with E-state index in [1.165, 1.54) is 0 Å². The molecular weight excluding hydrogens is 282 g/mol. The maximum Gasteiger partial charge on any atom is 0.174 e. The van der Waals surface area contributed by atoms with Crippen molar-refractivity contribution < 1.29 is 9.26 Å². The van der Waals surface area contributed by atoms with Gasteiger partial charge in [-0.3, -0.25) is 9.36 Å². The number of aromatic nitrogens is 5. The zero-order valence-electron chi connectivity index (χ0n) is 13.4. The lowest BCUT2D eigenvalue weighted by molar-refractivity contribution is 0.247. The first kappa shape index (κ1) is 14.4. The Morgan fingerprint density at radius 1 is 1.14 bits per heavy atom. The van der Waals surface area contributed by atoms with Crippen LogP contribution in [0.25, 0.3) is 11.3 Å². The Bertz CT molecular complexity index is 812. The largest absolute Gasteiger partial charge is 0.482 e. The van der Waals surface area contributed by atoms with E-state index in [4.69, 9.17) is 9.26 Å². The lowest BCUT2D eigenvalue weighted by atomic mass is 10.2. The van der Waals surface area contributed by atoms with Crippen LogP contribution in [-0.2, 0) is 20.7 Å². The van der Waals surface area contributed by atoms with Gasteiger partial charge in [0, 0.05) is 31.4 Å². The molecule has 3 aromatic heterocycles. The molecule has 3 aromatic rings. The maximum atomic E-state index is 5.82. The minimum Gasteiger partial charge on any atom is -0.482 e. The summed E-state index contributed by atoms with van der Waals surface area (Å²) < 4.78 is 14.8. The molecule has 7 nitrogen and oxygen atoms in total. The second kappa shape index (κ2) is 5.32. The Morgan fingerprint density at radius 2 is 1.91 bits per heavy atom. The fraction of sp³-hybridized carbons (Fsp3) is 0.400. The maximum absolute atomic E-state index is 5.82. The predicted octanol–water partition coefficient (Wildman–Crippen LogP) is 2.31. The van der Waals surface area contributed by atoms with Gasteiger partial charge in [-0.2, -0.15) is 10.2 Å². The summed E-state index contributed by atoms with van der Waals surface area (Å²) >= 11 is 0. The summed E-state index contributed by atoms with van der Waals surface area (Å²) in [6.45, 7) is 6.21. The van der Waals surface area contributed by atoms with Crippen LogP contribution in [-0.4, -0.2) is 24.7 Å². The van der Waals surface area contributed by atoms with Gasteiger partial charge in [0.25, 0.3) is 0 Å². The highest BCUT2D eigenvalue weighted by atomic mass is 16.5. The lowest BCUT2D eigenvalue weighted by Crippen LogP contribution is -1.97. The molecule has 0 atom stereocenters. The molecular formula is C15H19N5O2. The van der Waals surface area contributed by atoms with Gasteiger partial charge in [-0.25, -0.2) is 0 Å². The standard InChI is InChI=1S/C15H19N5O2/c1-9-15(11(3)20(5)17-9)21-8-12-6-14(18-22-12)13-7-16-19(4)10(13)2/h6-7H,8H2,1-5H3. The van der Waals surface area contributed by atoms with Gasteiger partial charge >= 0.3 is 0 Å². The summed E-state index contributed by atoms with van der Waals surface area (Å²) in [5, 5.41) is 12.6. The van der Waals surface area contributed by atoms with E-state index in [0.717, 1.165) is 34.1 Å². The van der Waals surface area contributed by atoms with E-state index in [9.17, 15) is 0 Å². The first-order valence-electron chi connectivity index (χ1n) is 7.05. The minimum atomic E-state index is 0.319. The van der Waals surface area contributed by atoms with Gasteiger partial charge in [-0.1, -0.05) is 5.16 Å². The van der Waals surface area contributed by atoms with Crippen LogP contribution in [0.2, 0.25) is 0 Å². The Kier molecular flexibility index (Phi) is 3.48. The molecule has 0 fully saturated rings. The highest BCUT2D eigenvalue weighted by Gasteiger charge is 2.15. The number of hydrogen-bond acceptors (Lipinski definition) is 5. The minimum absolute atomic E-state index is 0.319. The summed E-state index contributed by atoms with van der Waals surface area (Å²) in [7, 11) is 3.80. The molecule has 0 bridgehead atoms. The number of hydrogen-bond donors (Lipinski definition) is 0. The average Bonchev–Trinajstić information content (AvgIpc) is 3.12. The average molecular weight is 301 g/mol. The molecule has 7 heteroatoms. The van der Waals surface area contributed by atoms with Gasteiger partial charge < -0.3 is 9.26 Å². The molecule has 3 heterocycles. The van der Waals surface area contributed by atoms with Gasteiger partial charge in [0.2, 0.25) is 0 Å². The molecule has 0 saturated carbocycles. The molecule has 0 saturated heterocycles. The van der Waals surface area contributed by atoms with Crippen molar-refractivity contribution in [3.63, 3.8) is 0 Å². The molecule has 0 aromatic carbocycles. The molecule has 3 rings (SSSR count). The van der Waals surface area contributed by atoms with E-state index < -0.39 is 0 Å². The van der Waals surface area contributed by atoms with Crippen molar-refractivity contribution in [3.8, 4) is 17.0 Å². The molecule has 0 unspecified atom stereocenters. The van der Waals surface area contributed by atoms with Crippen molar-refractivity contribution in [1.29, 1.82) is 0 Å². The molecule has 0 N–H and O–H groups in total. The van der Waals surface area contributed by atoms with Crippen molar-refractivity contribution in [2.45, 2.75) is 27.4 Å². The Balaban J connectivity index is 1.76. The van der Waals surface area contributed by atoms with Crippen LogP contribution in [0.1, 0.15) is 22.8 Å². The predicted molar refractivity (Wildman–Crippen MR) is 80.5 cm³/mol. The van der Waals surface area contributed by atoms with Gasteiger partial charge in [0.15, 0.2) is 11.5 Å². The van der Waals surface area contributed by atoms with Crippen LogP contribution < -0.4 is 4.74 Å². The van der Waals surface area contributed by atoms with Crippen molar-refractivity contribution in [2.24, 2.45) is 14.1 Å². The molecule has 0 amide bonds. The second-order valence-electron chi connectivity index (χ2n) is 5.36. The zero-order valence-corrected chi connectivity index (χ0v) is 13.4. The number of rotatable bonds is 4. The third kappa shape index (κ3) is 2.38. The van der Waals surface area contributed by atoms with E-state index in [-0.39, 0.29) is 0 Å². The summed E-state index contributed by atoms with van der Waals surface area (Å²) in [5.41, 5.74) is 4.62. The van der Waals surface area contributed by atoms with Crippen LogP contribution in [0, 0.1) is 20.8 Å². The zero-order chi connectivity index (χ0) is 15.9. The fourth-order valence-corrected chi connectivity index (χ4v) is 2.36. The van der Waals surface area contributed by atoms with Crippen LogP contribution in [0.15, 0.2) is 16.8 Å². The third-order valence-corrected chi connectivity index (χ3v) is 3.87. The molecule has 116 valence electrons. The topological polar surface area (TPSA) is 70.9 Å². The number of nitrogens with zero attached hydrogens (tertiary/aromatic N) is 5. The first-order chi connectivity index (χ1) is 10.5. The van der Waals surface area contributed by atoms with Crippen LogP contribution in [0.3, 0.4) is 0 Å². The SMILES string of the molecule is Cc1nn(C)c(C)c1OCc1cc(-c2cnn(C)c2C)no1. The van der Waals surface area contributed by atoms with Crippen molar-refractivity contribution in [2.75, 3.05) is 0 Å². The van der Waals surface area contributed by atoms with E-state index in [0.29, 0.717) is 12.4 Å². The van der Waals surface area contributed by atoms with Gasteiger partial charge in [0.05, 0.1) is 11.9 Å². The van der Waals surface area contributed by atoms with Crippen LogP contribution in [0.5, 0.6) is 5.75 Å². The molecule has 0 aliphatic rings. The first-order valence-corrected chi connectivity index (χ1v) is 7.05. The monoisotopic (exact) mass is 301 g/mol. The van der Waals surface area contributed by atoms with Gasteiger partial charge in [-0.05, 0) is 20.8 Å². The van der Waals surface area contributed by atoms with E-state index >= 15 is 0 Å². The van der Waals surface area contributed by atoms with Crippen molar-refractivity contribution in [3.05, 3.63) is 35.1 Å². The molecule has 22 heavy (non-hydrogen) atoms. The Labute approximate surface area is 128 Å². The quantitative estimate of drug-likeness (QED) is 0.739. The van der Waals surface area contributed by atoms with E-state index in [2.05, 4.69) is 15.4 Å². The summed E-state index contributed by atoms with van der Waals surface area (Å²) in [5.74, 6) is 1.46. The second-order valence-corrected chi connectivity index (χ2v) is 5.36. The molecule has 0 spiro atoms. The fourth-order valence-electron chi connectivity index (χ4n) is 2.36. The van der Waals surface area contributed by atoms with Gasteiger partial charge in [-0.15, -0.1) is 0 Å². The van der Waals surface area contributed by atoms with E-state index in [1.54, 1.807) is 10.9 Å². The molecule has 0 aliphatic heterocycles. The van der Waals surface area contributed by atoms with Crippen molar-refractivity contribution >= 4 is 0 Å². The molecule has 0 aliphatic carbocycles. The lowest BCUT2D eigenvalue weighted by Gasteiger charge is -2.03. The number of aryl methyl sites for hydroxylation is 3. The number of ether oxygens (including phenoxy) is 1.